The predicted octanol–water partition coefficient (Wildman–Crippen LogP) is 2.63. The van der Waals surface area contributed by atoms with Gasteiger partial charge in [0, 0.05) is 43.6 Å². The van der Waals surface area contributed by atoms with Crippen molar-refractivity contribution in [3.05, 3.63) is 34.8 Å². The number of nitrogens with zero attached hydrogens (tertiary/aromatic N) is 4. The summed E-state index contributed by atoms with van der Waals surface area (Å²) in [6.45, 7) is 5.97. The molecule has 2 amide bonds. The van der Waals surface area contributed by atoms with Gasteiger partial charge in [0.2, 0.25) is 5.91 Å². The molecule has 3 heterocycles. The van der Waals surface area contributed by atoms with Crippen molar-refractivity contribution in [1.82, 2.24) is 19.5 Å². The number of rotatable bonds is 3. The van der Waals surface area contributed by atoms with Gasteiger partial charge in [0.05, 0.1) is 5.56 Å². The largest absolute Gasteiger partial charge is 0.397 e. The fourth-order valence-corrected chi connectivity index (χ4v) is 3.40. The van der Waals surface area contributed by atoms with Crippen LogP contribution in [0.1, 0.15) is 33.9 Å². The number of alkyl halides is 3. The smallest absolute Gasteiger partial charge is 0.360 e. The highest BCUT2D eigenvalue weighted by atomic mass is 19.4. The van der Waals surface area contributed by atoms with E-state index in [1.807, 2.05) is 11.5 Å². The Kier molecular flexibility index (Phi) is 5.22. The minimum absolute atomic E-state index is 0.0852. The van der Waals surface area contributed by atoms with Gasteiger partial charge in [-0.2, -0.15) is 13.2 Å². The van der Waals surface area contributed by atoms with Crippen molar-refractivity contribution in [2.45, 2.75) is 33.4 Å². The Labute approximate surface area is 159 Å². The Bertz CT molecular complexity index is 893. The molecule has 2 aromatic heterocycles. The SMILES string of the molecule is Cc1cc(-n2c(C)cc(C(=O)N3CCN(C(=O)CC(F)(F)F)CC3)c2C)no1. The van der Waals surface area contributed by atoms with E-state index in [9.17, 15) is 22.8 Å². The number of aryl methyl sites for hydroxylation is 2. The average Bonchev–Trinajstić information content (AvgIpc) is 3.15. The van der Waals surface area contributed by atoms with Gasteiger partial charge in [-0.1, -0.05) is 5.16 Å². The highest BCUT2D eigenvalue weighted by Crippen LogP contribution is 2.24. The molecule has 0 radical (unpaired) electrons. The summed E-state index contributed by atoms with van der Waals surface area (Å²) in [6.07, 6.45) is -6.00. The third-order valence-corrected chi connectivity index (χ3v) is 4.78. The van der Waals surface area contributed by atoms with Gasteiger partial charge < -0.3 is 14.3 Å². The van der Waals surface area contributed by atoms with Crippen molar-refractivity contribution >= 4 is 11.8 Å². The molecule has 1 aliphatic heterocycles. The first-order valence-corrected chi connectivity index (χ1v) is 8.83. The molecule has 0 saturated carbocycles. The molecule has 2 aromatic rings. The highest BCUT2D eigenvalue weighted by molar-refractivity contribution is 5.96. The van der Waals surface area contributed by atoms with Gasteiger partial charge in [0.25, 0.3) is 5.91 Å². The van der Waals surface area contributed by atoms with Crippen LogP contribution in [0.2, 0.25) is 0 Å². The third-order valence-electron chi connectivity index (χ3n) is 4.78. The van der Waals surface area contributed by atoms with E-state index in [1.54, 1.807) is 30.9 Å². The van der Waals surface area contributed by atoms with Gasteiger partial charge in [-0.25, -0.2) is 0 Å². The fraction of sp³-hybridized carbons (Fsp3) is 0.500. The number of piperazine rings is 1. The van der Waals surface area contributed by atoms with Crippen LogP contribution in [0.25, 0.3) is 5.82 Å². The maximum Gasteiger partial charge on any atom is 0.397 e. The molecule has 28 heavy (non-hydrogen) atoms. The van der Waals surface area contributed by atoms with E-state index in [2.05, 4.69) is 5.16 Å². The fourth-order valence-electron chi connectivity index (χ4n) is 3.40. The van der Waals surface area contributed by atoms with E-state index < -0.39 is 18.5 Å². The summed E-state index contributed by atoms with van der Waals surface area (Å²) in [7, 11) is 0. The molecule has 3 rings (SSSR count). The van der Waals surface area contributed by atoms with Gasteiger partial charge in [-0.15, -0.1) is 0 Å². The maximum atomic E-state index is 12.9. The van der Waals surface area contributed by atoms with Crippen molar-refractivity contribution in [1.29, 1.82) is 0 Å². The topological polar surface area (TPSA) is 71.6 Å². The van der Waals surface area contributed by atoms with Gasteiger partial charge >= 0.3 is 6.18 Å². The van der Waals surface area contributed by atoms with Gasteiger partial charge in [-0.05, 0) is 26.8 Å². The third kappa shape index (κ3) is 4.05. The molecule has 0 aromatic carbocycles. The second-order valence-corrected chi connectivity index (χ2v) is 6.88. The van der Waals surface area contributed by atoms with Crippen LogP contribution in [0.3, 0.4) is 0 Å². The Morgan fingerprint density at radius 2 is 1.68 bits per heavy atom. The number of hydrogen-bond acceptors (Lipinski definition) is 4. The molecule has 0 spiro atoms. The van der Waals surface area contributed by atoms with Gasteiger partial charge in [0.15, 0.2) is 5.82 Å². The summed E-state index contributed by atoms with van der Waals surface area (Å²) >= 11 is 0. The molecule has 1 saturated heterocycles. The Morgan fingerprint density at radius 1 is 1.07 bits per heavy atom. The number of carbonyl (C=O) groups excluding carboxylic acids is 2. The molecule has 0 atom stereocenters. The Morgan fingerprint density at radius 3 is 2.21 bits per heavy atom. The second-order valence-electron chi connectivity index (χ2n) is 6.88. The average molecular weight is 398 g/mol. The monoisotopic (exact) mass is 398 g/mol. The number of halogens is 3. The molecule has 10 heteroatoms. The van der Waals surface area contributed by atoms with Crippen molar-refractivity contribution in [3.63, 3.8) is 0 Å². The summed E-state index contributed by atoms with van der Waals surface area (Å²) in [5.74, 6) is 0.0470. The maximum absolute atomic E-state index is 12.9. The normalized spacial score (nSPS) is 15.2. The molecule has 0 bridgehead atoms. The minimum Gasteiger partial charge on any atom is -0.360 e. The van der Waals surface area contributed by atoms with Gasteiger partial charge in [0.1, 0.15) is 12.2 Å². The van der Waals surface area contributed by atoms with Crippen LogP contribution in [-0.4, -0.2) is 63.7 Å². The van der Waals surface area contributed by atoms with E-state index in [0.29, 0.717) is 22.8 Å². The quantitative estimate of drug-likeness (QED) is 0.797. The molecule has 0 N–H and O–H groups in total. The molecule has 1 aliphatic rings. The summed E-state index contributed by atoms with van der Waals surface area (Å²) in [5, 5.41) is 3.98. The van der Waals surface area contributed by atoms with Crippen molar-refractivity contribution < 1.29 is 27.3 Å². The number of carbonyl (C=O) groups is 2. The van der Waals surface area contributed by atoms with Crippen LogP contribution in [-0.2, 0) is 4.79 Å². The first kappa shape index (κ1) is 20.0. The molecule has 7 nitrogen and oxygen atoms in total. The van der Waals surface area contributed by atoms with Crippen LogP contribution in [0.5, 0.6) is 0 Å². The van der Waals surface area contributed by atoms with Crippen LogP contribution in [0.15, 0.2) is 16.7 Å². The highest BCUT2D eigenvalue weighted by Gasteiger charge is 2.35. The summed E-state index contributed by atoms with van der Waals surface area (Å²) < 4.78 is 44.1. The summed E-state index contributed by atoms with van der Waals surface area (Å²) in [6, 6.07) is 3.52. The minimum atomic E-state index is -4.53. The molecule has 1 fully saturated rings. The van der Waals surface area contributed by atoms with E-state index in [0.717, 1.165) is 10.6 Å². The first-order valence-electron chi connectivity index (χ1n) is 8.83. The van der Waals surface area contributed by atoms with Crippen LogP contribution >= 0.6 is 0 Å². The number of hydrogen-bond donors (Lipinski definition) is 0. The second kappa shape index (κ2) is 7.33. The Hall–Kier alpha value is -2.78. The molecule has 0 aliphatic carbocycles. The lowest BCUT2D eigenvalue weighted by atomic mass is 10.2. The predicted molar refractivity (Wildman–Crippen MR) is 93.2 cm³/mol. The van der Waals surface area contributed by atoms with Crippen LogP contribution in [0.4, 0.5) is 13.2 Å². The zero-order chi connectivity index (χ0) is 20.6. The lowest BCUT2D eigenvalue weighted by Gasteiger charge is -2.35. The van der Waals surface area contributed by atoms with Crippen molar-refractivity contribution in [3.8, 4) is 5.82 Å². The van der Waals surface area contributed by atoms with Crippen LogP contribution < -0.4 is 0 Å². The van der Waals surface area contributed by atoms with E-state index in [4.69, 9.17) is 4.52 Å². The summed E-state index contributed by atoms with van der Waals surface area (Å²) in [4.78, 5) is 27.3. The van der Waals surface area contributed by atoms with Gasteiger partial charge in [-0.3, -0.25) is 14.2 Å². The molecule has 152 valence electrons. The zero-order valence-corrected chi connectivity index (χ0v) is 15.8. The van der Waals surface area contributed by atoms with Crippen LogP contribution in [0, 0.1) is 20.8 Å². The number of aromatic nitrogens is 2. The standard InChI is InChI=1S/C18H21F3N4O3/c1-11-8-14(13(3)25(11)15-9-12(2)28-22-15)17(27)24-6-4-23(5-7-24)16(26)10-18(19,20)21/h8-9H,4-7,10H2,1-3H3. The van der Waals surface area contributed by atoms with E-state index >= 15 is 0 Å². The van der Waals surface area contributed by atoms with E-state index in [-0.39, 0.29) is 32.1 Å². The van der Waals surface area contributed by atoms with E-state index in [1.165, 1.54) is 0 Å². The molecular weight excluding hydrogens is 377 g/mol. The Balaban J connectivity index is 1.70. The number of amides is 2. The molecule has 0 unspecified atom stereocenters. The lowest BCUT2D eigenvalue weighted by molar-refractivity contribution is -0.162. The molecular formula is C18H21F3N4O3. The van der Waals surface area contributed by atoms with Crippen molar-refractivity contribution in [2.75, 3.05) is 26.2 Å². The first-order chi connectivity index (χ1) is 13.1. The zero-order valence-electron chi connectivity index (χ0n) is 15.8. The summed E-state index contributed by atoms with van der Waals surface area (Å²) in [5.41, 5.74) is 2.01. The van der Waals surface area contributed by atoms with Crippen molar-refractivity contribution in [2.24, 2.45) is 0 Å². The lowest BCUT2D eigenvalue weighted by Crippen LogP contribution is -2.51.